The quantitative estimate of drug-likeness (QED) is 0.238. The van der Waals surface area contributed by atoms with Gasteiger partial charge in [-0.05, 0) is 84.4 Å². The van der Waals surface area contributed by atoms with Crippen molar-refractivity contribution in [1.82, 2.24) is 0 Å². The molecule has 0 saturated heterocycles. The third-order valence-electron chi connectivity index (χ3n) is 5.41. The number of anilines is 2. The molecule has 6 heteroatoms. The fraction of sp³-hybridized carbons (Fsp3) is 0.0333. The number of methoxy groups -OCH3 is 1. The SMILES string of the molecule is COc1ccc(C(=O)/C=C/c2ccc(C(=O)Nc3ccc(C(=O)Nc4ccccc4)cc3)cc2)cc1. The second-order valence-electron chi connectivity index (χ2n) is 7.90. The first-order chi connectivity index (χ1) is 17.5. The van der Waals surface area contributed by atoms with E-state index in [4.69, 9.17) is 4.74 Å². The molecule has 0 bridgehead atoms. The van der Waals surface area contributed by atoms with E-state index in [1.54, 1.807) is 86.0 Å². The number of carbonyl (C=O) groups excluding carboxylic acids is 3. The van der Waals surface area contributed by atoms with E-state index in [0.717, 1.165) is 5.56 Å². The number of hydrogen-bond acceptors (Lipinski definition) is 4. The van der Waals surface area contributed by atoms with E-state index in [-0.39, 0.29) is 17.6 Å². The fourth-order valence-corrected chi connectivity index (χ4v) is 3.40. The number of allylic oxidation sites excluding steroid dienone is 1. The molecule has 0 fully saturated rings. The van der Waals surface area contributed by atoms with E-state index >= 15 is 0 Å². The molecule has 0 unspecified atom stereocenters. The number of ketones is 1. The average molecular weight is 477 g/mol. The molecule has 0 spiro atoms. The summed E-state index contributed by atoms with van der Waals surface area (Å²) in [4.78, 5) is 37.3. The van der Waals surface area contributed by atoms with Crippen LogP contribution in [0.15, 0.2) is 109 Å². The van der Waals surface area contributed by atoms with Gasteiger partial charge in [0.25, 0.3) is 11.8 Å². The molecule has 178 valence electrons. The van der Waals surface area contributed by atoms with Crippen molar-refractivity contribution in [3.8, 4) is 5.75 Å². The lowest BCUT2D eigenvalue weighted by molar-refractivity contribution is 0.102. The Balaban J connectivity index is 1.33. The van der Waals surface area contributed by atoms with Gasteiger partial charge in [0, 0.05) is 28.1 Å². The largest absolute Gasteiger partial charge is 0.497 e. The minimum absolute atomic E-state index is 0.125. The van der Waals surface area contributed by atoms with Crippen molar-refractivity contribution in [2.24, 2.45) is 0 Å². The molecule has 4 rings (SSSR count). The Morgan fingerprint density at radius 3 is 1.67 bits per heavy atom. The summed E-state index contributed by atoms with van der Waals surface area (Å²) in [5.74, 6) is 0.0591. The van der Waals surface area contributed by atoms with Crippen LogP contribution >= 0.6 is 0 Å². The van der Waals surface area contributed by atoms with Crippen LogP contribution in [-0.2, 0) is 0 Å². The second-order valence-corrected chi connectivity index (χ2v) is 7.90. The smallest absolute Gasteiger partial charge is 0.255 e. The molecule has 0 heterocycles. The molecule has 4 aromatic carbocycles. The lowest BCUT2D eigenvalue weighted by atomic mass is 10.1. The average Bonchev–Trinajstić information content (AvgIpc) is 2.93. The number of ether oxygens (including phenoxy) is 1. The highest BCUT2D eigenvalue weighted by Gasteiger charge is 2.09. The number of rotatable bonds is 8. The van der Waals surface area contributed by atoms with Crippen molar-refractivity contribution in [2.45, 2.75) is 0 Å². The lowest BCUT2D eigenvalue weighted by Gasteiger charge is -2.08. The Morgan fingerprint density at radius 1 is 0.611 bits per heavy atom. The number of carbonyl (C=O) groups is 3. The first-order valence-electron chi connectivity index (χ1n) is 11.3. The van der Waals surface area contributed by atoms with Crippen LogP contribution in [0.25, 0.3) is 6.08 Å². The van der Waals surface area contributed by atoms with Crippen molar-refractivity contribution in [3.05, 3.63) is 131 Å². The summed E-state index contributed by atoms with van der Waals surface area (Å²) in [6, 6.07) is 29.7. The predicted octanol–water partition coefficient (Wildman–Crippen LogP) is 6.10. The lowest BCUT2D eigenvalue weighted by Crippen LogP contribution is -2.13. The molecule has 2 N–H and O–H groups in total. The summed E-state index contributed by atoms with van der Waals surface area (Å²) in [5.41, 5.74) is 3.60. The summed E-state index contributed by atoms with van der Waals surface area (Å²) >= 11 is 0. The van der Waals surface area contributed by atoms with E-state index in [1.807, 2.05) is 30.3 Å². The molecular formula is C30H24N2O4. The molecule has 0 aliphatic rings. The maximum atomic E-state index is 12.6. The molecule has 0 atom stereocenters. The van der Waals surface area contributed by atoms with Crippen molar-refractivity contribution in [2.75, 3.05) is 17.7 Å². The van der Waals surface area contributed by atoms with Crippen molar-refractivity contribution < 1.29 is 19.1 Å². The van der Waals surface area contributed by atoms with Crippen LogP contribution in [0.1, 0.15) is 36.6 Å². The standard InChI is InChI=1S/C30H24N2O4/c1-36-27-18-14-22(15-19-27)28(33)20-9-21-7-10-23(11-8-21)29(34)32-26-16-12-24(13-17-26)30(35)31-25-5-3-2-4-6-25/h2-20H,1H3,(H,31,35)(H,32,34)/b20-9+. The highest BCUT2D eigenvalue weighted by atomic mass is 16.5. The van der Waals surface area contributed by atoms with E-state index in [2.05, 4.69) is 10.6 Å². The minimum atomic E-state index is -0.277. The monoisotopic (exact) mass is 476 g/mol. The summed E-state index contributed by atoms with van der Waals surface area (Å²) in [7, 11) is 1.57. The van der Waals surface area contributed by atoms with Crippen LogP contribution in [0.5, 0.6) is 5.75 Å². The molecule has 0 aliphatic carbocycles. The van der Waals surface area contributed by atoms with Crippen molar-refractivity contribution in [1.29, 1.82) is 0 Å². The Labute approximate surface area is 209 Å². The van der Waals surface area contributed by atoms with E-state index < -0.39 is 0 Å². The first-order valence-corrected chi connectivity index (χ1v) is 11.3. The Bertz CT molecular complexity index is 1380. The van der Waals surface area contributed by atoms with Crippen LogP contribution < -0.4 is 15.4 Å². The fourth-order valence-electron chi connectivity index (χ4n) is 3.40. The van der Waals surface area contributed by atoms with Gasteiger partial charge >= 0.3 is 0 Å². The molecule has 0 radical (unpaired) electrons. The summed E-state index contributed by atoms with van der Waals surface area (Å²) in [5, 5.41) is 5.64. The van der Waals surface area contributed by atoms with Crippen molar-refractivity contribution >= 4 is 35.0 Å². The number of benzene rings is 4. The highest BCUT2D eigenvalue weighted by Crippen LogP contribution is 2.16. The summed E-state index contributed by atoms with van der Waals surface area (Å²) in [6.45, 7) is 0. The van der Waals surface area contributed by atoms with Gasteiger partial charge in [-0.15, -0.1) is 0 Å². The van der Waals surface area contributed by atoms with E-state index in [9.17, 15) is 14.4 Å². The normalized spacial score (nSPS) is 10.6. The van der Waals surface area contributed by atoms with Crippen LogP contribution in [0, 0.1) is 0 Å². The van der Waals surface area contributed by atoms with Gasteiger partial charge < -0.3 is 15.4 Å². The van der Waals surface area contributed by atoms with Gasteiger partial charge in [-0.1, -0.05) is 36.4 Å². The van der Waals surface area contributed by atoms with E-state index in [1.165, 1.54) is 6.08 Å². The summed E-state index contributed by atoms with van der Waals surface area (Å²) < 4.78 is 5.10. The number of amides is 2. The van der Waals surface area contributed by atoms with Crippen LogP contribution in [0.3, 0.4) is 0 Å². The van der Waals surface area contributed by atoms with Gasteiger partial charge in [0.15, 0.2) is 5.78 Å². The zero-order chi connectivity index (χ0) is 25.3. The van der Waals surface area contributed by atoms with E-state index in [0.29, 0.717) is 33.8 Å². The molecule has 0 aromatic heterocycles. The van der Waals surface area contributed by atoms with Gasteiger partial charge in [0.1, 0.15) is 5.75 Å². The Kier molecular flexibility index (Phi) is 7.68. The second kappa shape index (κ2) is 11.4. The first kappa shape index (κ1) is 24.2. The highest BCUT2D eigenvalue weighted by molar-refractivity contribution is 6.07. The Morgan fingerprint density at radius 2 is 1.11 bits per heavy atom. The maximum Gasteiger partial charge on any atom is 0.255 e. The maximum absolute atomic E-state index is 12.6. The van der Waals surface area contributed by atoms with Crippen LogP contribution in [0.4, 0.5) is 11.4 Å². The molecule has 0 saturated carbocycles. The van der Waals surface area contributed by atoms with Gasteiger partial charge in [-0.3, -0.25) is 14.4 Å². The minimum Gasteiger partial charge on any atom is -0.497 e. The summed E-state index contributed by atoms with van der Waals surface area (Å²) in [6.07, 6.45) is 3.19. The zero-order valence-electron chi connectivity index (χ0n) is 19.6. The predicted molar refractivity (Wildman–Crippen MR) is 142 cm³/mol. The van der Waals surface area contributed by atoms with Gasteiger partial charge in [0.05, 0.1) is 7.11 Å². The number of nitrogens with one attached hydrogen (secondary N) is 2. The van der Waals surface area contributed by atoms with Gasteiger partial charge in [-0.25, -0.2) is 0 Å². The molecule has 2 amide bonds. The van der Waals surface area contributed by atoms with Gasteiger partial charge in [-0.2, -0.15) is 0 Å². The molecule has 4 aromatic rings. The molecule has 36 heavy (non-hydrogen) atoms. The third kappa shape index (κ3) is 6.33. The van der Waals surface area contributed by atoms with Gasteiger partial charge in [0.2, 0.25) is 0 Å². The van der Waals surface area contributed by atoms with Crippen LogP contribution in [-0.4, -0.2) is 24.7 Å². The number of hydrogen-bond donors (Lipinski definition) is 2. The molecule has 6 nitrogen and oxygen atoms in total. The Hall–Kier alpha value is -4.97. The zero-order valence-corrected chi connectivity index (χ0v) is 19.6. The molecule has 0 aliphatic heterocycles. The molecular weight excluding hydrogens is 452 g/mol. The number of para-hydroxylation sites is 1. The van der Waals surface area contributed by atoms with Crippen LogP contribution in [0.2, 0.25) is 0 Å². The third-order valence-corrected chi connectivity index (χ3v) is 5.41. The van der Waals surface area contributed by atoms with Crippen molar-refractivity contribution in [3.63, 3.8) is 0 Å². The topological polar surface area (TPSA) is 84.5 Å².